The lowest BCUT2D eigenvalue weighted by Crippen LogP contribution is -2.35. The molecule has 0 spiro atoms. The van der Waals surface area contributed by atoms with E-state index in [1.54, 1.807) is 0 Å². The number of benzene rings is 2. The third kappa shape index (κ3) is 4.42. The number of rotatable bonds is 5. The van der Waals surface area contributed by atoms with Gasteiger partial charge in [-0.05, 0) is 55.5 Å². The van der Waals surface area contributed by atoms with Crippen LogP contribution < -0.4 is 10.6 Å². The van der Waals surface area contributed by atoms with Crippen molar-refractivity contribution in [2.24, 2.45) is 5.92 Å². The summed E-state index contributed by atoms with van der Waals surface area (Å²) in [6.07, 6.45) is 3.72. The van der Waals surface area contributed by atoms with E-state index >= 15 is 0 Å². The number of hydrogen-bond acceptors (Lipinski definition) is 3. The van der Waals surface area contributed by atoms with Gasteiger partial charge >= 0.3 is 0 Å². The minimum atomic E-state index is 0.0889. The zero-order chi connectivity index (χ0) is 18.6. The molecular weight excluding hydrogens is 360 g/mol. The maximum Gasteiger partial charge on any atom is 0.223 e. The van der Waals surface area contributed by atoms with E-state index < -0.39 is 0 Å². The number of carbonyl (C=O) groups excluding carboxylic acids is 1. The van der Waals surface area contributed by atoms with E-state index in [4.69, 9.17) is 11.6 Å². The van der Waals surface area contributed by atoms with Gasteiger partial charge in [-0.25, -0.2) is 4.98 Å². The van der Waals surface area contributed by atoms with Gasteiger partial charge in [-0.2, -0.15) is 0 Å². The first-order valence-electron chi connectivity index (χ1n) is 9.41. The lowest BCUT2D eigenvalue weighted by Gasteiger charge is -2.28. The van der Waals surface area contributed by atoms with Crippen molar-refractivity contribution in [2.75, 3.05) is 5.32 Å². The number of aromatic nitrogens is 2. The molecule has 0 atom stereocenters. The zero-order valence-electron chi connectivity index (χ0n) is 15.0. The molecule has 1 aromatic heterocycles. The minimum Gasteiger partial charge on any atom is -0.353 e. The minimum absolute atomic E-state index is 0.0889. The van der Waals surface area contributed by atoms with Crippen molar-refractivity contribution >= 4 is 34.5 Å². The van der Waals surface area contributed by atoms with Gasteiger partial charge in [0.05, 0.1) is 11.0 Å². The zero-order valence-corrected chi connectivity index (χ0v) is 15.8. The number of fused-ring (bicyclic) bond motifs is 1. The van der Waals surface area contributed by atoms with Crippen LogP contribution in [0.15, 0.2) is 48.5 Å². The summed E-state index contributed by atoms with van der Waals surface area (Å²) in [5.74, 6) is 1.05. The van der Waals surface area contributed by atoms with Crippen LogP contribution in [0.25, 0.3) is 11.0 Å². The standard InChI is InChI=1S/C21H23ClN4O/c22-16-9-5-14(6-10-16)13-23-20(27)15-7-11-17(12-8-15)24-21-25-18-3-1-2-4-19(18)26-21/h1-6,9-10,15,17H,7-8,11-13H2,(H,23,27)(H2,24,25,26). The third-order valence-electron chi connectivity index (χ3n) is 5.21. The normalized spacial score (nSPS) is 19.7. The summed E-state index contributed by atoms with van der Waals surface area (Å²) in [4.78, 5) is 20.3. The molecule has 27 heavy (non-hydrogen) atoms. The first-order chi connectivity index (χ1) is 13.2. The number of imidazole rings is 1. The van der Waals surface area contributed by atoms with E-state index in [0.717, 1.165) is 48.2 Å². The Hall–Kier alpha value is -2.53. The summed E-state index contributed by atoms with van der Waals surface area (Å²) in [6, 6.07) is 15.9. The first-order valence-corrected chi connectivity index (χ1v) is 9.78. The molecule has 1 fully saturated rings. The molecule has 1 amide bonds. The van der Waals surface area contributed by atoms with Crippen LogP contribution in [0.4, 0.5) is 5.95 Å². The Morgan fingerprint density at radius 1 is 1.07 bits per heavy atom. The number of anilines is 1. The van der Waals surface area contributed by atoms with Crippen LogP contribution in [0.5, 0.6) is 0 Å². The average molecular weight is 383 g/mol. The van der Waals surface area contributed by atoms with Crippen molar-refractivity contribution in [1.82, 2.24) is 15.3 Å². The highest BCUT2D eigenvalue weighted by Crippen LogP contribution is 2.27. The second-order valence-electron chi connectivity index (χ2n) is 7.14. The molecule has 3 aromatic rings. The number of amides is 1. The summed E-state index contributed by atoms with van der Waals surface area (Å²) in [5, 5.41) is 7.24. The quantitative estimate of drug-likeness (QED) is 0.608. The van der Waals surface area contributed by atoms with Crippen molar-refractivity contribution in [3.63, 3.8) is 0 Å². The van der Waals surface area contributed by atoms with Crippen LogP contribution in [-0.4, -0.2) is 21.9 Å². The Kier molecular flexibility index (Phi) is 5.30. The Morgan fingerprint density at radius 2 is 1.81 bits per heavy atom. The van der Waals surface area contributed by atoms with E-state index in [0.29, 0.717) is 17.6 Å². The van der Waals surface area contributed by atoms with Crippen molar-refractivity contribution in [1.29, 1.82) is 0 Å². The highest BCUT2D eigenvalue weighted by Gasteiger charge is 2.26. The van der Waals surface area contributed by atoms with Gasteiger partial charge in [0, 0.05) is 23.5 Å². The number of nitrogens with zero attached hydrogens (tertiary/aromatic N) is 1. The molecule has 1 saturated carbocycles. The third-order valence-corrected chi connectivity index (χ3v) is 5.46. The molecule has 3 N–H and O–H groups in total. The van der Waals surface area contributed by atoms with Gasteiger partial charge < -0.3 is 15.6 Å². The van der Waals surface area contributed by atoms with E-state index in [9.17, 15) is 4.79 Å². The largest absolute Gasteiger partial charge is 0.353 e. The van der Waals surface area contributed by atoms with Gasteiger partial charge in [0.25, 0.3) is 0 Å². The molecule has 4 rings (SSSR count). The van der Waals surface area contributed by atoms with Gasteiger partial charge in [0.2, 0.25) is 11.9 Å². The summed E-state index contributed by atoms with van der Waals surface area (Å²) in [7, 11) is 0. The van der Waals surface area contributed by atoms with Crippen LogP contribution in [0.2, 0.25) is 5.02 Å². The lowest BCUT2D eigenvalue weighted by molar-refractivity contribution is -0.126. The van der Waals surface area contributed by atoms with Crippen molar-refractivity contribution < 1.29 is 4.79 Å². The van der Waals surface area contributed by atoms with Crippen molar-refractivity contribution in [3.05, 3.63) is 59.1 Å². The molecule has 140 valence electrons. The number of aromatic amines is 1. The number of carbonyl (C=O) groups is 1. The average Bonchev–Trinajstić information content (AvgIpc) is 3.10. The fourth-order valence-electron chi connectivity index (χ4n) is 3.65. The van der Waals surface area contributed by atoms with Crippen LogP contribution in [-0.2, 0) is 11.3 Å². The predicted molar refractivity (Wildman–Crippen MR) is 109 cm³/mol. The Morgan fingerprint density at radius 3 is 2.56 bits per heavy atom. The Labute approximate surface area is 163 Å². The molecule has 0 bridgehead atoms. The SMILES string of the molecule is O=C(NCc1ccc(Cl)cc1)C1CCC(Nc2nc3ccccc3[nH]2)CC1. The highest BCUT2D eigenvalue weighted by molar-refractivity contribution is 6.30. The van der Waals surface area contributed by atoms with Crippen molar-refractivity contribution in [3.8, 4) is 0 Å². The number of hydrogen-bond donors (Lipinski definition) is 3. The number of para-hydroxylation sites is 2. The van der Waals surface area contributed by atoms with Crippen LogP contribution in [0.3, 0.4) is 0 Å². The van der Waals surface area contributed by atoms with Gasteiger partial charge in [-0.15, -0.1) is 0 Å². The molecule has 2 aromatic carbocycles. The van der Waals surface area contributed by atoms with Gasteiger partial charge in [-0.3, -0.25) is 4.79 Å². The van der Waals surface area contributed by atoms with E-state index in [1.807, 2.05) is 48.5 Å². The summed E-state index contributed by atoms with van der Waals surface area (Å²) in [6.45, 7) is 0.549. The maximum absolute atomic E-state index is 12.4. The fourth-order valence-corrected chi connectivity index (χ4v) is 3.78. The molecular formula is C21H23ClN4O. The van der Waals surface area contributed by atoms with Crippen LogP contribution in [0, 0.1) is 5.92 Å². The van der Waals surface area contributed by atoms with Gasteiger partial charge in [0.1, 0.15) is 0 Å². The molecule has 0 saturated heterocycles. The van der Waals surface area contributed by atoms with E-state index in [1.165, 1.54) is 0 Å². The van der Waals surface area contributed by atoms with Gasteiger partial charge in [-0.1, -0.05) is 35.9 Å². The number of nitrogens with one attached hydrogen (secondary N) is 3. The Balaban J connectivity index is 1.25. The van der Waals surface area contributed by atoms with E-state index in [2.05, 4.69) is 20.6 Å². The first kappa shape index (κ1) is 17.9. The monoisotopic (exact) mass is 382 g/mol. The molecule has 0 unspecified atom stereocenters. The molecule has 5 nitrogen and oxygen atoms in total. The van der Waals surface area contributed by atoms with Crippen molar-refractivity contribution in [2.45, 2.75) is 38.3 Å². The summed E-state index contributed by atoms with van der Waals surface area (Å²) in [5.41, 5.74) is 3.07. The topological polar surface area (TPSA) is 69.8 Å². The maximum atomic E-state index is 12.4. The summed E-state index contributed by atoms with van der Waals surface area (Å²) >= 11 is 5.89. The smallest absolute Gasteiger partial charge is 0.223 e. The second kappa shape index (κ2) is 8.01. The molecule has 0 aliphatic heterocycles. The predicted octanol–water partition coefficient (Wildman–Crippen LogP) is 4.50. The molecule has 1 aliphatic rings. The van der Waals surface area contributed by atoms with Crippen LogP contribution in [0.1, 0.15) is 31.2 Å². The summed E-state index contributed by atoms with van der Waals surface area (Å²) < 4.78 is 0. The molecule has 6 heteroatoms. The number of halogens is 1. The molecule has 1 heterocycles. The number of H-pyrrole nitrogens is 1. The van der Waals surface area contributed by atoms with Crippen LogP contribution >= 0.6 is 11.6 Å². The Bertz CT molecular complexity index is 880. The second-order valence-corrected chi connectivity index (χ2v) is 7.58. The lowest BCUT2D eigenvalue weighted by atomic mass is 9.85. The molecule has 0 radical (unpaired) electrons. The van der Waals surface area contributed by atoms with Gasteiger partial charge in [0.15, 0.2) is 0 Å². The highest BCUT2D eigenvalue weighted by atomic mass is 35.5. The van der Waals surface area contributed by atoms with E-state index in [-0.39, 0.29) is 11.8 Å². The molecule has 1 aliphatic carbocycles. The fraction of sp³-hybridized carbons (Fsp3) is 0.333.